The standard InChI is InChI=1S/C114H226O2/c1-28-87(29-2)59-101(56-54-55-86(27)114(116)85-115)73-109(74-102(60-88(30-3)31-4)61-89(32-5)33-6)82-112(79-107(70-98(50-23)51-24)71-99(52-25)53-26)80-108(72-100-57-58-100)81-113(83-110(75-103(62-90(34-7)35-8)63-91(36-9)37-10)76-104(64-92(38-11)39-12)65-93(40-13)41-14)84-111(77-105(66-94(42-15)43-16)67-95(44-17)45-18)78-106(68-96(46-19)47-20)69-97(48-21)49-22/h86-113,115H,28-85H2,1-27H3. The van der Waals surface area contributed by atoms with Gasteiger partial charge in [-0.25, -0.2) is 0 Å². The van der Waals surface area contributed by atoms with Crippen LogP contribution in [0.4, 0.5) is 0 Å². The normalized spacial score (nSPS) is 15.0. The van der Waals surface area contributed by atoms with E-state index in [1.54, 1.807) is 0 Å². The number of carbonyl (C=O) groups is 1. The van der Waals surface area contributed by atoms with Crippen LogP contribution in [-0.2, 0) is 4.79 Å². The van der Waals surface area contributed by atoms with E-state index in [0.717, 1.165) is 167 Å². The van der Waals surface area contributed by atoms with Crippen LogP contribution < -0.4 is 0 Å². The monoisotopic (exact) mass is 1630 g/mol. The molecule has 0 heterocycles. The van der Waals surface area contributed by atoms with Crippen LogP contribution in [0.3, 0.4) is 0 Å². The maximum Gasteiger partial charge on any atom is 0.160 e. The Hall–Kier alpha value is -0.370. The van der Waals surface area contributed by atoms with Crippen molar-refractivity contribution in [2.75, 3.05) is 6.61 Å². The molecule has 2 heteroatoms. The van der Waals surface area contributed by atoms with Crippen LogP contribution in [0.1, 0.15) is 553 Å². The van der Waals surface area contributed by atoms with Crippen molar-refractivity contribution < 1.29 is 9.90 Å². The topological polar surface area (TPSA) is 37.3 Å². The first-order chi connectivity index (χ1) is 56.0. The van der Waals surface area contributed by atoms with Crippen LogP contribution in [0.15, 0.2) is 0 Å². The Labute approximate surface area is 736 Å². The van der Waals surface area contributed by atoms with Crippen molar-refractivity contribution in [3.05, 3.63) is 0 Å². The molecule has 1 aliphatic rings. The maximum atomic E-state index is 13.1. The molecule has 0 bridgehead atoms. The lowest BCUT2D eigenvalue weighted by molar-refractivity contribution is -0.125. The van der Waals surface area contributed by atoms with Gasteiger partial charge in [-0.15, -0.1) is 0 Å². The summed E-state index contributed by atoms with van der Waals surface area (Å²) in [5.41, 5.74) is 0. The van der Waals surface area contributed by atoms with Gasteiger partial charge in [0, 0.05) is 5.92 Å². The second-order valence-corrected chi connectivity index (χ2v) is 43.2. The lowest BCUT2D eigenvalue weighted by Gasteiger charge is -2.39. The summed E-state index contributed by atoms with van der Waals surface area (Å²) >= 11 is 0. The highest BCUT2D eigenvalue weighted by molar-refractivity contribution is 5.81. The number of hydrogen-bond donors (Lipinski definition) is 1. The minimum atomic E-state index is -0.307. The van der Waals surface area contributed by atoms with E-state index >= 15 is 0 Å². The largest absolute Gasteiger partial charge is 0.389 e. The highest BCUT2D eigenvalue weighted by Crippen LogP contribution is 2.50. The van der Waals surface area contributed by atoms with Gasteiger partial charge in [0.25, 0.3) is 0 Å². The summed E-state index contributed by atoms with van der Waals surface area (Å²) in [4.78, 5) is 13.1. The molecule has 2 nitrogen and oxygen atoms in total. The van der Waals surface area contributed by atoms with E-state index < -0.39 is 0 Å². The van der Waals surface area contributed by atoms with Crippen molar-refractivity contribution in [3.8, 4) is 0 Å². The van der Waals surface area contributed by atoms with Gasteiger partial charge >= 0.3 is 0 Å². The van der Waals surface area contributed by atoms with Crippen molar-refractivity contribution in [2.24, 2.45) is 166 Å². The van der Waals surface area contributed by atoms with Gasteiger partial charge in [0.05, 0.1) is 0 Å². The number of rotatable bonds is 84. The van der Waals surface area contributed by atoms with Gasteiger partial charge in [0.2, 0.25) is 0 Å². The predicted octanol–water partition coefficient (Wildman–Crippen LogP) is 38.6. The molecule has 0 aliphatic heterocycles. The van der Waals surface area contributed by atoms with Crippen LogP contribution >= 0.6 is 0 Å². The van der Waals surface area contributed by atoms with Gasteiger partial charge in [0.15, 0.2) is 5.78 Å². The predicted molar refractivity (Wildman–Crippen MR) is 526 cm³/mol. The number of Topliss-reactive ketones (excluding diaryl/α,β-unsaturated/α-hetero) is 1. The first-order valence-electron chi connectivity index (χ1n) is 55.1. The van der Waals surface area contributed by atoms with E-state index in [1.165, 1.54) is 353 Å². The first-order valence-corrected chi connectivity index (χ1v) is 55.1. The zero-order valence-corrected chi connectivity index (χ0v) is 85.5. The Morgan fingerprint density at radius 3 is 0.466 bits per heavy atom. The smallest absolute Gasteiger partial charge is 0.160 e. The highest BCUT2D eigenvalue weighted by atomic mass is 16.3. The molecule has 1 rings (SSSR count). The van der Waals surface area contributed by atoms with Gasteiger partial charge < -0.3 is 5.11 Å². The van der Waals surface area contributed by atoms with Crippen molar-refractivity contribution in [2.45, 2.75) is 553 Å². The molecule has 694 valence electrons. The highest BCUT2D eigenvalue weighted by Gasteiger charge is 2.38. The van der Waals surface area contributed by atoms with Crippen molar-refractivity contribution in [1.82, 2.24) is 0 Å². The van der Waals surface area contributed by atoms with Crippen molar-refractivity contribution in [3.63, 3.8) is 0 Å². The van der Waals surface area contributed by atoms with Gasteiger partial charge in [-0.3, -0.25) is 4.79 Å². The number of ketones is 1. The van der Waals surface area contributed by atoms with Gasteiger partial charge in [-0.2, -0.15) is 0 Å². The average molecular weight is 1630 g/mol. The Morgan fingerprint density at radius 1 is 0.198 bits per heavy atom. The van der Waals surface area contributed by atoms with E-state index in [2.05, 4.69) is 187 Å². The van der Waals surface area contributed by atoms with E-state index in [4.69, 9.17) is 0 Å². The minimum absolute atomic E-state index is 0.0479. The molecule has 0 aromatic carbocycles. The lowest BCUT2D eigenvalue weighted by atomic mass is 9.67. The summed E-state index contributed by atoms with van der Waals surface area (Å²) < 4.78 is 0. The number of aliphatic hydroxyl groups excluding tert-OH is 1. The molecule has 116 heavy (non-hydrogen) atoms. The Kier molecular flexibility index (Phi) is 69.3. The van der Waals surface area contributed by atoms with Crippen molar-refractivity contribution >= 4 is 5.78 Å². The summed E-state index contributed by atoms with van der Waals surface area (Å²) in [5, 5.41) is 10.1. The Bertz CT molecular complexity index is 1860. The summed E-state index contributed by atoms with van der Waals surface area (Å²) in [6.07, 6.45) is 79.4. The maximum absolute atomic E-state index is 13.1. The quantitative estimate of drug-likeness (QED) is 0.0659. The van der Waals surface area contributed by atoms with E-state index in [9.17, 15) is 9.90 Å². The molecular weight excluding hydrogens is 1400 g/mol. The molecule has 0 radical (unpaired) electrons. The van der Waals surface area contributed by atoms with Gasteiger partial charge in [-0.1, -0.05) is 380 Å². The second kappa shape index (κ2) is 70.8. The summed E-state index contributed by atoms with van der Waals surface area (Å²) in [7, 11) is 0. The second-order valence-electron chi connectivity index (χ2n) is 43.2. The summed E-state index contributed by atoms with van der Waals surface area (Å²) in [6, 6.07) is 0. The fourth-order valence-electron chi connectivity index (χ4n) is 25.5. The Morgan fingerprint density at radius 2 is 0.328 bits per heavy atom. The van der Waals surface area contributed by atoms with Crippen LogP contribution in [0, 0.1) is 166 Å². The van der Waals surface area contributed by atoms with Crippen LogP contribution in [0.5, 0.6) is 0 Å². The first kappa shape index (κ1) is 114. The molecule has 0 saturated heterocycles. The van der Waals surface area contributed by atoms with Crippen LogP contribution in [0.25, 0.3) is 0 Å². The molecule has 0 spiro atoms. The minimum Gasteiger partial charge on any atom is -0.389 e. The molecule has 1 N–H and O–H groups in total. The van der Waals surface area contributed by atoms with E-state index in [-0.39, 0.29) is 18.3 Å². The molecule has 1 saturated carbocycles. The fourth-order valence-corrected chi connectivity index (χ4v) is 25.5. The molecule has 1 aliphatic carbocycles. The zero-order chi connectivity index (χ0) is 86.8. The van der Waals surface area contributed by atoms with Gasteiger partial charge in [-0.05, 0) is 333 Å². The summed E-state index contributed by atoms with van der Waals surface area (Å²) in [5.74, 6) is 22.2. The lowest BCUT2D eigenvalue weighted by Crippen LogP contribution is -2.27. The zero-order valence-electron chi connectivity index (χ0n) is 85.5. The molecule has 0 amide bonds. The fraction of sp³-hybridized carbons (Fsp3) is 0.991. The van der Waals surface area contributed by atoms with Crippen LogP contribution in [0.2, 0.25) is 0 Å². The third-order valence-electron chi connectivity index (χ3n) is 35.0. The molecule has 5 atom stereocenters. The van der Waals surface area contributed by atoms with Crippen molar-refractivity contribution in [1.29, 1.82) is 0 Å². The number of aliphatic hydroxyl groups is 1. The third-order valence-corrected chi connectivity index (χ3v) is 35.0. The van der Waals surface area contributed by atoms with E-state index in [0.29, 0.717) is 5.92 Å². The summed E-state index contributed by atoms with van der Waals surface area (Å²) in [6.45, 7) is 68.2. The third kappa shape index (κ3) is 49.5. The average Bonchev–Trinajstić information content (AvgIpc) is 1.14. The Balaban J connectivity index is 5.30. The molecular formula is C114H226O2. The number of carbonyl (C=O) groups excluding carboxylic acids is 1. The molecule has 0 aromatic rings. The van der Waals surface area contributed by atoms with E-state index in [1.807, 2.05) is 0 Å². The molecule has 1 fully saturated rings. The van der Waals surface area contributed by atoms with Crippen LogP contribution in [-0.4, -0.2) is 17.5 Å². The number of hydrogen-bond acceptors (Lipinski definition) is 2. The molecule has 0 aromatic heterocycles. The molecule has 5 unspecified atom stereocenters. The van der Waals surface area contributed by atoms with Gasteiger partial charge in [0.1, 0.15) is 6.61 Å². The SMILES string of the molecule is CCC(CC)CC(CCCC(C)C(=O)CO)CC(CC(CC(CC)CC)CC(CC)CC)CC(CC(CC(CC)CC)CC(CC)CC)CC(CC1CC1)CC(CC(CC(CC(CC)CC)CC(CC)CC)CC(CC(CC)CC)CC(CC)CC)CC(CC(CC(CC)CC)CC(CC)CC)CC(CC(CC)CC)CC(CC)CC.